The fraction of sp³-hybridized carbons (Fsp3) is 0.176. The maximum absolute atomic E-state index is 12.3. The van der Waals surface area contributed by atoms with Crippen molar-refractivity contribution in [2.75, 3.05) is 15.4 Å². The molecule has 0 aliphatic carbocycles. The fourth-order valence-corrected chi connectivity index (χ4v) is 4.06. The Kier molecular flexibility index (Phi) is 5.56. The van der Waals surface area contributed by atoms with E-state index in [1.807, 2.05) is 13.8 Å². The summed E-state index contributed by atoms with van der Waals surface area (Å²) >= 11 is 1.18. The van der Waals surface area contributed by atoms with Crippen LogP contribution in [0.25, 0.3) is 0 Å². The Morgan fingerprint density at radius 1 is 0.964 bits per heavy atom. The minimum atomic E-state index is -3.74. The third-order valence-corrected chi connectivity index (χ3v) is 5.96. The molecule has 0 unspecified atom stereocenters. The lowest BCUT2D eigenvalue weighted by Gasteiger charge is -2.11. The Labute approximate surface area is 166 Å². The molecule has 3 N–H and O–H groups in total. The Bertz CT molecular complexity index is 1100. The summed E-state index contributed by atoms with van der Waals surface area (Å²) in [5.74, 6) is 0.368. The van der Waals surface area contributed by atoms with Crippen LogP contribution in [0.2, 0.25) is 0 Å². The quantitative estimate of drug-likeness (QED) is 0.584. The first-order valence-corrected chi connectivity index (χ1v) is 10.5. The van der Waals surface area contributed by atoms with Crippen LogP contribution in [0, 0.1) is 20.8 Å². The van der Waals surface area contributed by atoms with Crippen LogP contribution in [-0.4, -0.2) is 29.4 Å². The SMILES string of the molecule is Cc1nc(C)c(NC(=O)Nc2ccc(S(=O)(=O)Nc3nccs3)cc2)nc1C. The number of thiazole rings is 1. The molecule has 0 atom stereocenters. The van der Waals surface area contributed by atoms with Crippen LogP contribution < -0.4 is 15.4 Å². The second-order valence-electron chi connectivity index (χ2n) is 5.87. The average Bonchev–Trinajstić information content (AvgIpc) is 3.12. The van der Waals surface area contributed by atoms with Crippen molar-refractivity contribution in [2.24, 2.45) is 0 Å². The van der Waals surface area contributed by atoms with Gasteiger partial charge < -0.3 is 5.32 Å². The Morgan fingerprint density at radius 2 is 1.64 bits per heavy atom. The van der Waals surface area contributed by atoms with E-state index in [2.05, 4.69) is 30.3 Å². The number of carbonyl (C=O) groups is 1. The predicted octanol–water partition coefficient (Wildman–Crippen LogP) is 3.30. The number of carbonyl (C=O) groups excluding carboxylic acids is 1. The molecule has 2 heterocycles. The summed E-state index contributed by atoms with van der Waals surface area (Å²) < 4.78 is 27.0. The Balaban J connectivity index is 1.67. The zero-order chi connectivity index (χ0) is 20.3. The third-order valence-electron chi connectivity index (χ3n) is 3.79. The Morgan fingerprint density at radius 3 is 2.29 bits per heavy atom. The molecule has 0 saturated heterocycles. The monoisotopic (exact) mass is 418 g/mol. The van der Waals surface area contributed by atoms with E-state index in [-0.39, 0.29) is 10.0 Å². The molecule has 9 nitrogen and oxygen atoms in total. The molecule has 2 amide bonds. The molecule has 0 spiro atoms. The molecule has 0 saturated carbocycles. The summed E-state index contributed by atoms with van der Waals surface area (Å²) in [5, 5.41) is 7.23. The summed E-state index contributed by atoms with van der Waals surface area (Å²) in [6.07, 6.45) is 1.51. The predicted molar refractivity (Wildman–Crippen MR) is 108 cm³/mol. The first-order chi connectivity index (χ1) is 13.2. The first-order valence-electron chi connectivity index (χ1n) is 8.17. The molecule has 1 aromatic carbocycles. The van der Waals surface area contributed by atoms with E-state index in [4.69, 9.17) is 0 Å². The summed E-state index contributed by atoms with van der Waals surface area (Å²) in [6.45, 7) is 5.41. The van der Waals surface area contributed by atoms with Gasteiger partial charge in [-0.15, -0.1) is 11.3 Å². The van der Waals surface area contributed by atoms with Gasteiger partial charge >= 0.3 is 6.03 Å². The van der Waals surface area contributed by atoms with Gasteiger partial charge in [0, 0.05) is 17.3 Å². The van der Waals surface area contributed by atoms with Crippen molar-refractivity contribution >= 4 is 44.0 Å². The van der Waals surface area contributed by atoms with Crippen molar-refractivity contribution in [3.63, 3.8) is 0 Å². The van der Waals surface area contributed by atoms with Crippen LogP contribution in [0.4, 0.5) is 21.4 Å². The third kappa shape index (κ3) is 4.61. The van der Waals surface area contributed by atoms with Crippen LogP contribution in [0.3, 0.4) is 0 Å². The zero-order valence-corrected chi connectivity index (χ0v) is 17.0. The van der Waals surface area contributed by atoms with E-state index >= 15 is 0 Å². The van der Waals surface area contributed by atoms with E-state index in [9.17, 15) is 13.2 Å². The largest absolute Gasteiger partial charge is 0.324 e. The van der Waals surface area contributed by atoms with Gasteiger partial charge in [-0.3, -0.25) is 15.0 Å². The van der Waals surface area contributed by atoms with Crippen LogP contribution >= 0.6 is 11.3 Å². The zero-order valence-electron chi connectivity index (χ0n) is 15.3. The van der Waals surface area contributed by atoms with Gasteiger partial charge in [-0.2, -0.15) is 0 Å². The Hall–Kier alpha value is -3.05. The van der Waals surface area contributed by atoms with Crippen molar-refractivity contribution in [1.82, 2.24) is 15.0 Å². The van der Waals surface area contributed by atoms with Crippen LogP contribution in [0.15, 0.2) is 40.7 Å². The van der Waals surface area contributed by atoms with Gasteiger partial charge in [-0.1, -0.05) is 0 Å². The molecule has 0 aliphatic rings. The maximum atomic E-state index is 12.3. The minimum absolute atomic E-state index is 0.0597. The van der Waals surface area contributed by atoms with Crippen LogP contribution in [-0.2, 0) is 10.0 Å². The molecule has 0 aliphatic heterocycles. The lowest BCUT2D eigenvalue weighted by atomic mass is 10.3. The molecule has 11 heteroatoms. The molecule has 3 rings (SSSR count). The number of aryl methyl sites for hydroxylation is 3. The lowest BCUT2D eigenvalue weighted by molar-refractivity contribution is 0.262. The van der Waals surface area contributed by atoms with Crippen molar-refractivity contribution in [3.8, 4) is 0 Å². The number of benzene rings is 1. The fourth-order valence-electron chi connectivity index (χ4n) is 2.27. The van der Waals surface area contributed by atoms with Gasteiger partial charge in [0.15, 0.2) is 10.9 Å². The lowest BCUT2D eigenvalue weighted by Crippen LogP contribution is -2.21. The number of hydrogen-bond donors (Lipinski definition) is 3. The molecule has 0 fully saturated rings. The highest BCUT2D eigenvalue weighted by molar-refractivity contribution is 7.93. The number of anilines is 3. The maximum Gasteiger partial charge on any atom is 0.324 e. The number of sulfonamides is 1. The van der Waals surface area contributed by atoms with Crippen molar-refractivity contribution in [2.45, 2.75) is 25.7 Å². The number of amides is 2. The summed E-state index contributed by atoms with van der Waals surface area (Å²) in [7, 11) is -3.74. The molecule has 28 heavy (non-hydrogen) atoms. The number of rotatable bonds is 5. The van der Waals surface area contributed by atoms with Gasteiger partial charge in [0.25, 0.3) is 10.0 Å². The van der Waals surface area contributed by atoms with E-state index in [1.165, 1.54) is 41.8 Å². The second-order valence-corrected chi connectivity index (χ2v) is 8.45. The molecular formula is C17H18N6O3S2. The van der Waals surface area contributed by atoms with E-state index in [1.54, 1.807) is 12.3 Å². The average molecular weight is 419 g/mol. The van der Waals surface area contributed by atoms with Crippen LogP contribution in [0.5, 0.6) is 0 Å². The number of urea groups is 1. The van der Waals surface area contributed by atoms with E-state index in [0.29, 0.717) is 17.2 Å². The normalized spacial score (nSPS) is 11.1. The summed E-state index contributed by atoms with van der Waals surface area (Å²) in [6, 6.07) is 5.28. The number of hydrogen-bond acceptors (Lipinski definition) is 7. The minimum Gasteiger partial charge on any atom is -0.308 e. The molecule has 146 valence electrons. The summed E-state index contributed by atoms with van der Waals surface area (Å²) in [4.78, 5) is 24.8. The number of nitrogens with one attached hydrogen (secondary N) is 3. The van der Waals surface area contributed by atoms with Crippen LogP contribution in [0.1, 0.15) is 17.1 Å². The van der Waals surface area contributed by atoms with Gasteiger partial charge in [-0.05, 0) is 45.0 Å². The number of nitrogens with zero attached hydrogens (tertiary/aromatic N) is 3. The highest BCUT2D eigenvalue weighted by atomic mass is 32.2. The van der Waals surface area contributed by atoms with Crippen molar-refractivity contribution in [1.29, 1.82) is 0 Å². The standard InChI is InChI=1S/C17H18N6O3S2/c1-10-11(2)20-15(12(3)19-10)22-16(24)21-13-4-6-14(7-5-13)28(25,26)23-17-18-8-9-27-17/h4-9H,1-3H3,(H,18,23)(H2,20,21,22,24). The van der Waals surface area contributed by atoms with E-state index < -0.39 is 16.1 Å². The topological polar surface area (TPSA) is 126 Å². The van der Waals surface area contributed by atoms with Gasteiger partial charge in [0.1, 0.15) is 0 Å². The van der Waals surface area contributed by atoms with Gasteiger partial charge in [-0.25, -0.2) is 23.2 Å². The van der Waals surface area contributed by atoms with Crippen molar-refractivity contribution in [3.05, 3.63) is 52.9 Å². The van der Waals surface area contributed by atoms with Gasteiger partial charge in [0.05, 0.1) is 22.0 Å². The first kappa shape index (κ1) is 19.7. The van der Waals surface area contributed by atoms with Gasteiger partial charge in [0.2, 0.25) is 0 Å². The molecule has 0 bridgehead atoms. The second kappa shape index (κ2) is 7.90. The summed E-state index contributed by atoms with van der Waals surface area (Å²) in [5.41, 5.74) is 2.56. The number of aromatic nitrogens is 3. The molecule has 2 aromatic heterocycles. The smallest absolute Gasteiger partial charge is 0.308 e. The van der Waals surface area contributed by atoms with E-state index in [0.717, 1.165) is 11.4 Å². The molecular weight excluding hydrogens is 400 g/mol. The highest BCUT2D eigenvalue weighted by Gasteiger charge is 2.16. The molecule has 3 aromatic rings. The highest BCUT2D eigenvalue weighted by Crippen LogP contribution is 2.20. The molecule has 0 radical (unpaired) electrons. The van der Waals surface area contributed by atoms with Crippen molar-refractivity contribution < 1.29 is 13.2 Å².